The van der Waals surface area contributed by atoms with Crippen molar-refractivity contribution in [2.24, 2.45) is 10.2 Å². The highest BCUT2D eigenvalue weighted by Crippen LogP contribution is 2.39. The fourth-order valence-electron chi connectivity index (χ4n) is 1.95. The SMILES string of the molecule is O=S(=O)(O)c1cc(/N=N/c2nc[nH]n2)c(O)c2ccccc12. The van der Waals surface area contributed by atoms with Crippen molar-refractivity contribution in [2.45, 2.75) is 4.90 Å². The summed E-state index contributed by atoms with van der Waals surface area (Å²) >= 11 is 0. The molecule has 0 bridgehead atoms. The second kappa shape index (κ2) is 5.16. The van der Waals surface area contributed by atoms with E-state index < -0.39 is 10.1 Å². The standard InChI is InChI=1S/C12H9N5O4S/c18-11-8-4-2-1-3-7(8)10(22(19,20)21)5-9(11)15-17-12-13-6-14-16-12/h1-6,18H,(H,13,14,16)(H,19,20,21)/b17-15+. The van der Waals surface area contributed by atoms with Gasteiger partial charge in [0.25, 0.3) is 16.1 Å². The maximum Gasteiger partial charge on any atom is 0.295 e. The van der Waals surface area contributed by atoms with Crippen LogP contribution < -0.4 is 0 Å². The molecular weight excluding hydrogens is 310 g/mol. The lowest BCUT2D eigenvalue weighted by Crippen LogP contribution is -1.99. The molecule has 0 saturated heterocycles. The molecule has 0 spiro atoms. The fourth-order valence-corrected chi connectivity index (χ4v) is 2.67. The van der Waals surface area contributed by atoms with Gasteiger partial charge in [-0.25, -0.2) is 0 Å². The summed E-state index contributed by atoms with van der Waals surface area (Å²) in [6.07, 6.45) is 1.29. The zero-order chi connectivity index (χ0) is 15.7. The molecule has 3 rings (SSSR count). The number of rotatable bonds is 3. The normalized spacial score (nSPS) is 12.2. The first-order chi connectivity index (χ1) is 10.5. The fraction of sp³-hybridized carbons (Fsp3) is 0. The number of aromatic hydroxyl groups is 1. The number of phenolic OH excluding ortho intramolecular Hbond substituents is 1. The second-order valence-electron chi connectivity index (χ2n) is 4.26. The molecule has 1 aromatic heterocycles. The van der Waals surface area contributed by atoms with E-state index in [1.807, 2.05) is 0 Å². The average molecular weight is 319 g/mol. The van der Waals surface area contributed by atoms with Gasteiger partial charge in [0, 0.05) is 10.8 Å². The summed E-state index contributed by atoms with van der Waals surface area (Å²) in [4.78, 5) is 3.35. The summed E-state index contributed by atoms with van der Waals surface area (Å²) in [5.41, 5.74) is -0.129. The van der Waals surface area contributed by atoms with Gasteiger partial charge in [0.2, 0.25) is 0 Å². The quantitative estimate of drug-likeness (QED) is 0.499. The van der Waals surface area contributed by atoms with Crippen molar-refractivity contribution in [3.05, 3.63) is 36.7 Å². The number of H-pyrrole nitrogens is 1. The molecule has 10 heteroatoms. The second-order valence-corrected chi connectivity index (χ2v) is 5.65. The van der Waals surface area contributed by atoms with Crippen LogP contribution in [0.4, 0.5) is 11.6 Å². The number of nitrogens with zero attached hydrogens (tertiary/aromatic N) is 4. The minimum atomic E-state index is -4.49. The number of azo groups is 1. The van der Waals surface area contributed by atoms with E-state index in [9.17, 15) is 18.1 Å². The topological polar surface area (TPSA) is 141 Å². The Hall–Kier alpha value is -2.85. The first-order valence-corrected chi connectivity index (χ1v) is 7.40. The smallest absolute Gasteiger partial charge is 0.295 e. The summed E-state index contributed by atoms with van der Waals surface area (Å²) in [5, 5.41) is 24.1. The number of benzene rings is 2. The van der Waals surface area contributed by atoms with Crippen LogP contribution in [0.25, 0.3) is 10.8 Å². The van der Waals surface area contributed by atoms with Gasteiger partial charge in [-0.2, -0.15) is 13.4 Å². The van der Waals surface area contributed by atoms with Crippen molar-refractivity contribution in [3.63, 3.8) is 0 Å². The molecule has 0 aliphatic heterocycles. The van der Waals surface area contributed by atoms with Crippen LogP contribution in [0.5, 0.6) is 5.75 Å². The average Bonchev–Trinajstić information content (AvgIpc) is 2.99. The Labute approximate surface area is 124 Å². The minimum absolute atomic E-state index is 0.0148. The molecule has 0 saturated carbocycles. The molecule has 2 aromatic carbocycles. The third kappa shape index (κ3) is 2.52. The molecule has 22 heavy (non-hydrogen) atoms. The Kier molecular flexibility index (Phi) is 3.31. The van der Waals surface area contributed by atoms with E-state index in [0.29, 0.717) is 0 Å². The van der Waals surface area contributed by atoms with Crippen LogP contribution >= 0.6 is 0 Å². The molecule has 0 aliphatic rings. The number of aromatic nitrogens is 3. The summed E-state index contributed by atoms with van der Waals surface area (Å²) in [7, 11) is -4.49. The summed E-state index contributed by atoms with van der Waals surface area (Å²) in [6, 6.07) is 7.21. The number of hydrogen-bond donors (Lipinski definition) is 3. The molecule has 3 N–H and O–H groups in total. The predicted octanol–water partition coefficient (Wildman–Crippen LogP) is 2.33. The van der Waals surface area contributed by atoms with Gasteiger partial charge < -0.3 is 5.11 Å². The lowest BCUT2D eigenvalue weighted by Gasteiger charge is -2.07. The van der Waals surface area contributed by atoms with Gasteiger partial charge in [-0.05, 0) is 6.07 Å². The van der Waals surface area contributed by atoms with Gasteiger partial charge in [0.15, 0.2) is 5.75 Å². The third-order valence-corrected chi connectivity index (χ3v) is 3.78. The summed E-state index contributed by atoms with van der Waals surface area (Å²) < 4.78 is 32.4. The zero-order valence-corrected chi connectivity index (χ0v) is 11.7. The lowest BCUT2D eigenvalue weighted by atomic mass is 10.1. The van der Waals surface area contributed by atoms with E-state index >= 15 is 0 Å². The van der Waals surface area contributed by atoms with Crippen LogP contribution in [0.1, 0.15) is 0 Å². The maximum atomic E-state index is 11.5. The zero-order valence-electron chi connectivity index (χ0n) is 10.9. The molecule has 0 unspecified atom stereocenters. The number of nitrogens with one attached hydrogen (secondary N) is 1. The molecule has 0 amide bonds. The van der Waals surface area contributed by atoms with E-state index in [0.717, 1.165) is 6.07 Å². The van der Waals surface area contributed by atoms with Crippen molar-refractivity contribution < 1.29 is 18.1 Å². The Morgan fingerprint density at radius 2 is 1.86 bits per heavy atom. The molecule has 9 nitrogen and oxygen atoms in total. The van der Waals surface area contributed by atoms with Crippen LogP contribution in [0.3, 0.4) is 0 Å². The van der Waals surface area contributed by atoms with Gasteiger partial charge in [0.05, 0.1) is 0 Å². The van der Waals surface area contributed by atoms with E-state index in [4.69, 9.17) is 0 Å². The molecule has 112 valence electrons. The van der Waals surface area contributed by atoms with Crippen LogP contribution in [-0.4, -0.2) is 33.3 Å². The highest BCUT2D eigenvalue weighted by atomic mass is 32.2. The van der Waals surface area contributed by atoms with Gasteiger partial charge >= 0.3 is 0 Å². The highest BCUT2D eigenvalue weighted by Gasteiger charge is 2.19. The lowest BCUT2D eigenvalue weighted by molar-refractivity contribution is 0.480. The van der Waals surface area contributed by atoms with Crippen LogP contribution in [-0.2, 0) is 10.1 Å². The Balaban J connectivity index is 2.25. The molecule has 0 fully saturated rings. The van der Waals surface area contributed by atoms with E-state index in [2.05, 4.69) is 25.4 Å². The van der Waals surface area contributed by atoms with Gasteiger partial charge in [-0.1, -0.05) is 24.3 Å². The molecule has 1 heterocycles. The van der Waals surface area contributed by atoms with Crippen molar-refractivity contribution in [2.75, 3.05) is 0 Å². The largest absolute Gasteiger partial charge is 0.505 e. The van der Waals surface area contributed by atoms with Gasteiger partial charge in [0.1, 0.15) is 16.9 Å². The molecule has 0 radical (unpaired) electrons. The highest BCUT2D eigenvalue weighted by molar-refractivity contribution is 7.86. The molecule has 3 aromatic rings. The third-order valence-electron chi connectivity index (χ3n) is 2.89. The first-order valence-electron chi connectivity index (χ1n) is 5.96. The van der Waals surface area contributed by atoms with E-state index in [-0.39, 0.29) is 33.1 Å². The van der Waals surface area contributed by atoms with E-state index in [1.165, 1.54) is 18.5 Å². The minimum Gasteiger partial charge on any atom is -0.505 e. The van der Waals surface area contributed by atoms with Gasteiger partial charge in [-0.15, -0.1) is 15.3 Å². The molecule has 0 atom stereocenters. The Morgan fingerprint density at radius 3 is 2.50 bits per heavy atom. The summed E-state index contributed by atoms with van der Waals surface area (Å²) in [6.45, 7) is 0. The predicted molar refractivity (Wildman–Crippen MR) is 76.0 cm³/mol. The van der Waals surface area contributed by atoms with Crippen molar-refractivity contribution in [1.29, 1.82) is 0 Å². The summed E-state index contributed by atoms with van der Waals surface area (Å²) in [5.74, 6) is -0.247. The number of aromatic amines is 1. The first kappa shape index (κ1) is 14.1. The molecular formula is C12H9N5O4S. The number of hydrogen-bond acceptors (Lipinski definition) is 7. The van der Waals surface area contributed by atoms with Crippen LogP contribution in [0, 0.1) is 0 Å². The van der Waals surface area contributed by atoms with Crippen LogP contribution in [0.2, 0.25) is 0 Å². The van der Waals surface area contributed by atoms with Crippen LogP contribution in [0.15, 0.2) is 51.8 Å². The molecule has 0 aliphatic carbocycles. The maximum absolute atomic E-state index is 11.5. The Morgan fingerprint density at radius 1 is 1.14 bits per heavy atom. The van der Waals surface area contributed by atoms with Crippen molar-refractivity contribution in [3.8, 4) is 5.75 Å². The number of phenols is 1. The van der Waals surface area contributed by atoms with Crippen molar-refractivity contribution in [1.82, 2.24) is 15.2 Å². The van der Waals surface area contributed by atoms with Crippen molar-refractivity contribution >= 4 is 32.5 Å². The number of fused-ring (bicyclic) bond motifs is 1. The van der Waals surface area contributed by atoms with E-state index in [1.54, 1.807) is 12.1 Å². The monoisotopic (exact) mass is 319 g/mol. The Bertz CT molecular complexity index is 967. The van der Waals surface area contributed by atoms with Gasteiger partial charge in [-0.3, -0.25) is 9.65 Å².